The van der Waals surface area contributed by atoms with E-state index in [1.807, 2.05) is 4.90 Å². The van der Waals surface area contributed by atoms with Crippen LogP contribution >= 0.6 is 0 Å². The molecule has 0 aliphatic carbocycles. The minimum absolute atomic E-state index is 0.115. The summed E-state index contributed by atoms with van der Waals surface area (Å²) >= 11 is 0. The minimum Gasteiger partial charge on any atom is -0.406 e. The van der Waals surface area contributed by atoms with Crippen LogP contribution in [0.1, 0.15) is 25.7 Å². The third-order valence-corrected chi connectivity index (χ3v) is 5.28. The predicted molar refractivity (Wildman–Crippen MR) is 103 cm³/mol. The van der Waals surface area contributed by atoms with Gasteiger partial charge in [-0.3, -0.25) is 4.79 Å². The number of hydrogen-bond acceptors (Lipinski definition) is 4. The van der Waals surface area contributed by atoms with Crippen molar-refractivity contribution < 1.29 is 32.2 Å². The fourth-order valence-electron chi connectivity index (χ4n) is 3.64. The van der Waals surface area contributed by atoms with Gasteiger partial charge in [0.15, 0.2) is 0 Å². The molecule has 0 aromatic heterocycles. The summed E-state index contributed by atoms with van der Waals surface area (Å²) in [5.74, 6) is 0.122. The van der Waals surface area contributed by atoms with Crippen LogP contribution in [0.25, 0.3) is 0 Å². The Balaban J connectivity index is 1.47. The van der Waals surface area contributed by atoms with Gasteiger partial charge >= 0.3 is 12.4 Å². The van der Waals surface area contributed by atoms with E-state index in [-0.39, 0.29) is 17.7 Å². The van der Waals surface area contributed by atoms with Crippen molar-refractivity contribution in [2.24, 2.45) is 5.92 Å². The number of nitrogens with zero attached hydrogens (tertiary/aromatic N) is 2. The van der Waals surface area contributed by atoms with E-state index < -0.39 is 6.36 Å². The van der Waals surface area contributed by atoms with Crippen LogP contribution in [0.2, 0.25) is 0 Å². The molecule has 2 saturated heterocycles. The normalized spacial score (nSPS) is 18.6. The molecule has 166 valence electrons. The standard InChI is InChI=1S/C20H26F3N3O4/c21-20(22,23)30-17-4-2-16(3-5-17)24-19(28)26-9-1-8-25(10-11-26)18(27)14-15-6-12-29-13-7-15/h2-5,15H,1,6-14H2,(H,24,28). The zero-order chi connectivity index (χ0) is 21.6. The van der Waals surface area contributed by atoms with Crippen molar-refractivity contribution in [1.29, 1.82) is 0 Å². The van der Waals surface area contributed by atoms with Gasteiger partial charge in [0.25, 0.3) is 0 Å². The quantitative estimate of drug-likeness (QED) is 0.796. The summed E-state index contributed by atoms with van der Waals surface area (Å²) in [5, 5.41) is 2.67. The van der Waals surface area contributed by atoms with E-state index in [0.717, 1.165) is 25.0 Å². The smallest absolute Gasteiger partial charge is 0.406 e. The summed E-state index contributed by atoms with van der Waals surface area (Å²) < 4.78 is 45.8. The van der Waals surface area contributed by atoms with E-state index >= 15 is 0 Å². The lowest BCUT2D eigenvalue weighted by Gasteiger charge is -2.26. The Kier molecular flexibility index (Phi) is 7.41. The number of amides is 3. The number of halogens is 3. The molecular formula is C20H26F3N3O4. The molecule has 3 amide bonds. The van der Waals surface area contributed by atoms with E-state index in [9.17, 15) is 22.8 Å². The van der Waals surface area contributed by atoms with Gasteiger partial charge in [-0.2, -0.15) is 0 Å². The first kappa shape index (κ1) is 22.2. The summed E-state index contributed by atoms with van der Waals surface area (Å²) in [7, 11) is 0. The molecule has 0 atom stereocenters. The SMILES string of the molecule is O=C(CC1CCOCC1)N1CCCN(C(=O)Nc2ccc(OC(F)(F)F)cc2)CC1. The van der Waals surface area contributed by atoms with Gasteiger partial charge in [-0.25, -0.2) is 4.79 Å². The number of alkyl halides is 3. The molecule has 1 aromatic rings. The first-order chi connectivity index (χ1) is 14.3. The highest BCUT2D eigenvalue weighted by Gasteiger charge is 2.31. The summed E-state index contributed by atoms with van der Waals surface area (Å²) in [6, 6.07) is 4.63. The predicted octanol–water partition coefficient (Wildman–Crippen LogP) is 3.47. The van der Waals surface area contributed by atoms with Crippen LogP contribution < -0.4 is 10.1 Å². The van der Waals surface area contributed by atoms with Crippen LogP contribution in [0, 0.1) is 5.92 Å². The number of hydrogen-bond donors (Lipinski definition) is 1. The maximum atomic E-state index is 12.6. The van der Waals surface area contributed by atoms with Crippen molar-refractivity contribution in [3.63, 3.8) is 0 Å². The Labute approximate surface area is 173 Å². The number of nitrogens with one attached hydrogen (secondary N) is 1. The van der Waals surface area contributed by atoms with Gasteiger partial charge in [-0.15, -0.1) is 13.2 Å². The number of anilines is 1. The lowest BCUT2D eigenvalue weighted by atomic mass is 9.96. The number of benzene rings is 1. The van der Waals surface area contributed by atoms with Crippen LogP contribution in [0.3, 0.4) is 0 Å². The average molecular weight is 429 g/mol. The lowest BCUT2D eigenvalue weighted by Crippen LogP contribution is -2.39. The van der Waals surface area contributed by atoms with Crippen LogP contribution in [-0.4, -0.2) is 67.5 Å². The average Bonchev–Trinajstić information content (AvgIpc) is 2.96. The third-order valence-electron chi connectivity index (χ3n) is 5.28. The second-order valence-electron chi connectivity index (χ2n) is 7.48. The van der Waals surface area contributed by atoms with Crippen molar-refractivity contribution in [1.82, 2.24) is 9.80 Å². The molecule has 0 bridgehead atoms. The Morgan fingerprint density at radius 1 is 1.03 bits per heavy atom. The van der Waals surface area contributed by atoms with Gasteiger partial charge in [0, 0.05) is 51.5 Å². The van der Waals surface area contributed by atoms with Gasteiger partial charge in [-0.05, 0) is 49.4 Å². The minimum atomic E-state index is -4.76. The molecule has 2 aliphatic rings. The highest BCUT2D eigenvalue weighted by Crippen LogP contribution is 2.24. The lowest BCUT2D eigenvalue weighted by molar-refractivity contribution is -0.274. The maximum absolute atomic E-state index is 12.6. The van der Waals surface area contributed by atoms with Crippen molar-refractivity contribution in [3.05, 3.63) is 24.3 Å². The fraction of sp³-hybridized carbons (Fsp3) is 0.600. The van der Waals surface area contributed by atoms with Crippen molar-refractivity contribution in [2.75, 3.05) is 44.7 Å². The highest BCUT2D eigenvalue weighted by atomic mass is 19.4. The summed E-state index contributed by atoms with van der Waals surface area (Å²) in [5.41, 5.74) is 0.367. The molecule has 2 heterocycles. The number of carbonyl (C=O) groups is 2. The van der Waals surface area contributed by atoms with Gasteiger partial charge in [-0.1, -0.05) is 0 Å². The zero-order valence-electron chi connectivity index (χ0n) is 16.6. The Hall–Kier alpha value is -2.49. The van der Waals surface area contributed by atoms with Gasteiger partial charge < -0.3 is 24.6 Å². The molecule has 2 fully saturated rings. The Bertz CT molecular complexity index is 721. The molecule has 0 unspecified atom stereocenters. The molecule has 10 heteroatoms. The first-order valence-corrected chi connectivity index (χ1v) is 10.1. The summed E-state index contributed by atoms with van der Waals surface area (Å²) in [6.07, 6.45) is -1.76. The van der Waals surface area contributed by atoms with Gasteiger partial charge in [0.1, 0.15) is 5.75 Å². The van der Waals surface area contributed by atoms with Crippen LogP contribution in [-0.2, 0) is 9.53 Å². The maximum Gasteiger partial charge on any atom is 0.573 e. The molecule has 0 saturated carbocycles. The Morgan fingerprint density at radius 3 is 2.33 bits per heavy atom. The molecule has 30 heavy (non-hydrogen) atoms. The van der Waals surface area contributed by atoms with Crippen molar-refractivity contribution >= 4 is 17.6 Å². The Morgan fingerprint density at radius 2 is 1.67 bits per heavy atom. The number of rotatable bonds is 4. The van der Waals surface area contributed by atoms with Crippen LogP contribution in [0.15, 0.2) is 24.3 Å². The van der Waals surface area contributed by atoms with Gasteiger partial charge in [0.05, 0.1) is 0 Å². The molecule has 1 aromatic carbocycles. The number of carbonyl (C=O) groups excluding carboxylic acids is 2. The molecule has 1 N–H and O–H groups in total. The molecule has 0 radical (unpaired) electrons. The molecule has 3 rings (SSSR count). The second-order valence-corrected chi connectivity index (χ2v) is 7.48. The number of ether oxygens (including phenoxy) is 2. The summed E-state index contributed by atoms with van der Waals surface area (Å²) in [6.45, 7) is 3.39. The van der Waals surface area contributed by atoms with E-state index in [0.29, 0.717) is 63.8 Å². The zero-order valence-corrected chi connectivity index (χ0v) is 16.6. The van der Waals surface area contributed by atoms with E-state index in [4.69, 9.17) is 4.74 Å². The van der Waals surface area contributed by atoms with Gasteiger partial charge in [0.2, 0.25) is 5.91 Å². The monoisotopic (exact) mass is 429 g/mol. The fourth-order valence-corrected chi connectivity index (χ4v) is 3.64. The summed E-state index contributed by atoms with van der Waals surface area (Å²) in [4.78, 5) is 28.5. The molecule has 2 aliphatic heterocycles. The highest BCUT2D eigenvalue weighted by molar-refractivity contribution is 5.89. The van der Waals surface area contributed by atoms with Crippen molar-refractivity contribution in [3.8, 4) is 5.75 Å². The third kappa shape index (κ3) is 6.79. The number of urea groups is 1. The van der Waals surface area contributed by atoms with E-state index in [1.165, 1.54) is 12.1 Å². The first-order valence-electron chi connectivity index (χ1n) is 10.1. The largest absolute Gasteiger partial charge is 0.573 e. The molecule has 0 spiro atoms. The van der Waals surface area contributed by atoms with E-state index in [2.05, 4.69) is 10.1 Å². The van der Waals surface area contributed by atoms with Crippen molar-refractivity contribution in [2.45, 2.75) is 32.0 Å². The van der Waals surface area contributed by atoms with Crippen LogP contribution in [0.4, 0.5) is 23.7 Å². The molecule has 7 nitrogen and oxygen atoms in total. The second kappa shape index (κ2) is 10.0. The van der Waals surface area contributed by atoms with E-state index in [1.54, 1.807) is 4.90 Å². The van der Waals surface area contributed by atoms with Crippen LogP contribution in [0.5, 0.6) is 5.75 Å². The molecular weight excluding hydrogens is 403 g/mol. The topological polar surface area (TPSA) is 71.1 Å².